The number of carboxylic acid groups (broad SMARTS) is 1. The van der Waals surface area contributed by atoms with E-state index in [4.69, 9.17) is 5.11 Å². The Bertz CT molecular complexity index is 595. The fourth-order valence-corrected chi connectivity index (χ4v) is 1.59. The van der Waals surface area contributed by atoms with Crippen LogP contribution in [0.4, 0.5) is 5.82 Å². The number of anilines is 1. The summed E-state index contributed by atoms with van der Waals surface area (Å²) in [5, 5.41) is 19.1. The van der Waals surface area contributed by atoms with E-state index in [2.05, 4.69) is 39.4 Å². The molecule has 0 aliphatic carbocycles. The highest BCUT2D eigenvalue weighted by Gasteiger charge is 2.08. The number of carboxylic acids is 1. The first-order valence-corrected chi connectivity index (χ1v) is 6.25. The van der Waals surface area contributed by atoms with Crippen LogP contribution in [0.3, 0.4) is 0 Å². The van der Waals surface area contributed by atoms with Crippen molar-refractivity contribution in [2.45, 2.75) is 26.3 Å². The van der Waals surface area contributed by atoms with Crippen LogP contribution in [0.25, 0.3) is 0 Å². The second-order valence-corrected chi connectivity index (χ2v) is 4.58. The molecule has 0 amide bonds. The summed E-state index contributed by atoms with van der Waals surface area (Å²) in [7, 11) is 0. The molecular formula is C12H16N6O2. The molecule has 0 unspecified atom stereocenters. The van der Waals surface area contributed by atoms with Crippen LogP contribution in [0, 0.1) is 0 Å². The minimum atomic E-state index is -1.08. The summed E-state index contributed by atoms with van der Waals surface area (Å²) < 4.78 is 1.47. The number of nitrogens with one attached hydrogen (secondary N) is 1. The number of nitrogens with zero attached hydrogens (tertiary/aromatic N) is 5. The third kappa shape index (κ3) is 3.50. The molecule has 20 heavy (non-hydrogen) atoms. The first-order chi connectivity index (χ1) is 9.56. The van der Waals surface area contributed by atoms with Gasteiger partial charge in [0.1, 0.15) is 12.1 Å². The first-order valence-electron chi connectivity index (χ1n) is 6.25. The lowest BCUT2D eigenvalue weighted by Gasteiger charge is -2.08. The van der Waals surface area contributed by atoms with Gasteiger partial charge in [-0.15, -0.1) is 5.10 Å². The van der Waals surface area contributed by atoms with Gasteiger partial charge in [0.15, 0.2) is 5.69 Å². The van der Waals surface area contributed by atoms with Crippen LogP contribution in [0.2, 0.25) is 0 Å². The van der Waals surface area contributed by atoms with Gasteiger partial charge in [-0.3, -0.25) is 0 Å². The Morgan fingerprint density at radius 1 is 1.45 bits per heavy atom. The Hall–Kier alpha value is -2.51. The second kappa shape index (κ2) is 6.09. The zero-order chi connectivity index (χ0) is 14.5. The highest BCUT2D eigenvalue weighted by atomic mass is 16.4. The van der Waals surface area contributed by atoms with E-state index < -0.39 is 5.97 Å². The molecule has 2 heterocycles. The van der Waals surface area contributed by atoms with Crippen LogP contribution >= 0.6 is 0 Å². The summed E-state index contributed by atoms with van der Waals surface area (Å²) in [5.74, 6) is -0.00384. The molecule has 0 saturated heterocycles. The normalized spacial score (nSPS) is 10.8. The molecule has 2 rings (SSSR count). The number of aromatic nitrogens is 5. The molecule has 0 bridgehead atoms. The van der Waals surface area contributed by atoms with Gasteiger partial charge in [0, 0.05) is 18.3 Å². The summed E-state index contributed by atoms with van der Waals surface area (Å²) in [6.45, 7) is 5.20. The summed E-state index contributed by atoms with van der Waals surface area (Å²) in [6, 6.07) is 1.90. The van der Waals surface area contributed by atoms with E-state index in [0.717, 1.165) is 11.5 Å². The van der Waals surface area contributed by atoms with E-state index in [1.165, 1.54) is 17.2 Å². The van der Waals surface area contributed by atoms with Gasteiger partial charge in [-0.25, -0.2) is 19.4 Å². The number of hydrogen-bond donors (Lipinski definition) is 2. The molecule has 0 atom stereocenters. The number of carbonyl (C=O) groups is 1. The molecular weight excluding hydrogens is 260 g/mol. The van der Waals surface area contributed by atoms with Crippen LogP contribution < -0.4 is 5.32 Å². The fraction of sp³-hybridized carbons (Fsp3) is 0.417. The molecule has 106 valence electrons. The van der Waals surface area contributed by atoms with Gasteiger partial charge in [0.2, 0.25) is 0 Å². The molecule has 0 aromatic carbocycles. The van der Waals surface area contributed by atoms with Gasteiger partial charge in [0.05, 0.1) is 12.7 Å². The summed E-state index contributed by atoms with van der Waals surface area (Å²) in [4.78, 5) is 19.0. The standard InChI is InChI=1S/C12H16N6O2/c1-8(2)9-5-11(15-7-14-9)13-3-4-18-6-10(12(19)20)16-17-18/h5-8H,3-4H2,1-2H3,(H,19,20)(H,13,14,15). The van der Waals surface area contributed by atoms with Crippen LogP contribution in [0.5, 0.6) is 0 Å². The van der Waals surface area contributed by atoms with Gasteiger partial charge in [-0.1, -0.05) is 19.1 Å². The van der Waals surface area contributed by atoms with Crippen LogP contribution in [0.1, 0.15) is 35.9 Å². The van der Waals surface area contributed by atoms with Crippen molar-refractivity contribution < 1.29 is 9.90 Å². The highest BCUT2D eigenvalue weighted by Crippen LogP contribution is 2.13. The van der Waals surface area contributed by atoms with Crippen LogP contribution in [0.15, 0.2) is 18.6 Å². The summed E-state index contributed by atoms with van der Waals surface area (Å²) >= 11 is 0. The largest absolute Gasteiger partial charge is 0.476 e. The Labute approximate surface area is 115 Å². The lowest BCUT2D eigenvalue weighted by molar-refractivity contribution is 0.0690. The van der Waals surface area contributed by atoms with Gasteiger partial charge in [0.25, 0.3) is 0 Å². The minimum Gasteiger partial charge on any atom is -0.476 e. The van der Waals surface area contributed by atoms with E-state index in [0.29, 0.717) is 19.0 Å². The van der Waals surface area contributed by atoms with E-state index in [1.54, 1.807) is 0 Å². The van der Waals surface area contributed by atoms with E-state index >= 15 is 0 Å². The van der Waals surface area contributed by atoms with Gasteiger partial charge in [-0.05, 0) is 5.92 Å². The Morgan fingerprint density at radius 2 is 2.25 bits per heavy atom. The maximum Gasteiger partial charge on any atom is 0.358 e. The van der Waals surface area contributed by atoms with Crippen molar-refractivity contribution in [3.05, 3.63) is 30.0 Å². The topological polar surface area (TPSA) is 106 Å². The SMILES string of the molecule is CC(C)c1cc(NCCn2cc(C(=O)O)nn2)ncn1. The average molecular weight is 276 g/mol. The van der Waals surface area contributed by atoms with E-state index in [9.17, 15) is 4.79 Å². The Kier molecular flexibility index (Phi) is 4.24. The van der Waals surface area contributed by atoms with Crippen molar-refractivity contribution in [2.75, 3.05) is 11.9 Å². The maximum atomic E-state index is 10.7. The zero-order valence-electron chi connectivity index (χ0n) is 11.3. The second-order valence-electron chi connectivity index (χ2n) is 4.58. The third-order valence-corrected chi connectivity index (χ3v) is 2.68. The quantitative estimate of drug-likeness (QED) is 0.810. The molecule has 2 aromatic rings. The lowest BCUT2D eigenvalue weighted by atomic mass is 10.1. The first kappa shape index (κ1) is 13.9. The monoisotopic (exact) mass is 276 g/mol. The van der Waals surface area contributed by atoms with Gasteiger partial charge >= 0.3 is 5.97 Å². The predicted molar refractivity (Wildman–Crippen MR) is 71.6 cm³/mol. The molecule has 2 aromatic heterocycles. The number of hydrogen-bond acceptors (Lipinski definition) is 6. The minimum absolute atomic E-state index is 0.0610. The zero-order valence-corrected chi connectivity index (χ0v) is 11.3. The van der Waals surface area contributed by atoms with Crippen molar-refractivity contribution in [2.24, 2.45) is 0 Å². The molecule has 2 N–H and O–H groups in total. The van der Waals surface area contributed by atoms with Crippen molar-refractivity contribution in [1.82, 2.24) is 25.0 Å². The molecule has 8 heteroatoms. The summed E-state index contributed by atoms with van der Waals surface area (Å²) in [5.41, 5.74) is 0.908. The van der Waals surface area contributed by atoms with Gasteiger partial charge in [-0.2, -0.15) is 0 Å². The number of aromatic carboxylic acids is 1. The van der Waals surface area contributed by atoms with Crippen molar-refractivity contribution in [1.29, 1.82) is 0 Å². The highest BCUT2D eigenvalue weighted by molar-refractivity contribution is 5.84. The molecule has 0 radical (unpaired) electrons. The maximum absolute atomic E-state index is 10.7. The number of rotatable bonds is 6. The third-order valence-electron chi connectivity index (χ3n) is 2.68. The lowest BCUT2D eigenvalue weighted by Crippen LogP contribution is -2.12. The molecule has 8 nitrogen and oxygen atoms in total. The van der Waals surface area contributed by atoms with Crippen LogP contribution in [-0.2, 0) is 6.54 Å². The Morgan fingerprint density at radius 3 is 2.90 bits per heavy atom. The predicted octanol–water partition coefficient (Wildman–Crippen LogP) is 1.00. The van der Waals surface area contributed by atoms with E-state index in [-0.39, 0.29) is 5.69 Å². The molecule has 0 fully saturated rings. The van der Waals surface area contributed by atoms with Crippen molar-refractivity contribution in [3.63, 3.8) is 0 Å². The van der Waals surface area contributed by atoms with Crippen molar-refractivity contribution in [3.8, 4) is 0 Å². The van der Waals surface area contributed by atoms with E-state index in [1.807, 2.05) is 6.07 Å². The average Bonchev–Trinajstić information content (AvgIpc) is 2.88. The van der Waals surface area contributed by atoms with Gasteiger partial charge < -0.3 is 10.4 Å². The van der Waals surface area contributed by atoms with Crippen LogP contribution in [-0.4, -0.2) is 42.6 Å². The Balaban J connectivity index is 1.89. The summed E-state index contributed by atoms with van der Waals surface area (Å²) in [6.07, 6.45) is 2.92. The molecule has 0 aliphatic rings. The molecule has 0 spiro atoms. The molecule has 0 saturated carbocycles. The smallest absolute Gasteiger partial charge is 0.358 e. The van der Waals surface area contributed by atoms with Crippen molar-refractivity contribution >= 4 is 11.8 Å². The molecule has 0 aliphatic heterocycles. The fourth-order valence-electron chi connectivity index (χ4n) is 1.59.